The van der Waals surface area contributed by atoms with Crippen LogP contribution < -0.4 is 5.32 Å². The zero-order valence-electron chi connectivity index (χ0n) is 15.3. The van der Waals surface area contributed by atoms with E-state index in [0.717, 1.165) is 6.07 Å². The number of carbonyl (C=O) groups excluding carboxylic acids is 1. The average Bonchev–Trinajstić information content (AvgIpc) is 3.17. The van der Waals surface area contributed by atoms with Crippen molar-refractivity contribution >= 4 is 23.4 Å². The molecule has 1 unspecified atom stereocenters. The first kappa shape index (κ1) is 21.0. The number of aromatic nitrogens is 1. The van der Waals surface area contributed by atoms with Gasteiger partial charge < -0.3 is 9.63 Å². The van der Waals surface area contributed by atoms with E-state index >= 15 is 0 Å². The predicted octanol–water partition coefficient (Wildman–Crippen LogP) is 4.01. The van der Waals surface area contributed by atoms with Crippen LogP contribution in [0.15, 0.2) is 53.1 Å². The maximum atomic E-state index is 13.2. The van der Waals surface area contributed by atoms with E-state index in [4.69, 9.17) is 26.6 Å². The molecule has 0 spiro atoms. The van der Waals surface area contributed by atoms with Gasteiger partial charge in [0.25, 0.3) is 0 Å². The van der Waals surface area contributed by atoms with Crippen molar-refractivity contribution in [2.45, 2.75) is 12.5 Å². The van der Waals surface area contributed by atoms with Crippen molar-refractivity contribution in [2.75, 3.05) is 5.32 Å². The van der Waals surface area contributed by atoms with E-state index < -0.39 is 17.8 Å². The zero-order valence-corrected chi connectivity index (χ0v) is 16.1. The lowest BCUT2D eigenvalue weighted by Gasteiger charge is -2.11. The van der Waals surface area contributed by atoms with Crippen LogP contribution >= 0.6 is 11.6 Å². The van der Waals surface area contributed by atoms with Crippen molar-refractivity contribution in [2.24, 2.45) is 5.92 Å². The molecule has 0 fully saturated rings. The summed E-state index contributed by atoms with van der Waals surface area (Å²) in [4.78, 5) is 12.2. The van der Waals surface area contributed by atoms with Crippen LogP contribution in [0.25, 0.3) is 11.3 Å². The number of carbonyl (C=O) groups is 1. The molecule has 0 aliphatic rings. The number of benzene rings is 2. The Balaban J connectivity index is 1.63. The Morgan fingerprint density at radius 2 is 1.90 bits per heavy atom. The van der Waals surface area contributed by atoms with E-state index in [0.29, 0.717) is 22.4 Å². The minimum Gasteiger partial charge on any atom is -0.386 e. The minimum atomic E-state index is -1.23. The fourth-order valence-electron chi connectivity index (χ4n) is 2.72. The molecule has 0 saturated carbocycles. The topological polar surface area (TPSA) is 123 Å². The van der Waals surface area contributed by atoms with Gasteiger partial charge in [0.05, 0.1) is 23.6 Å². The number of anilines is 1. The molecule has 3 rings (SSSR count). The summed E-state index contributed by atoms with van der Waals surface area (Å²) in [5.74, 6) is -1.92. The maximum Gasteiger partial charge on any atom is 0.231 e. The fourth-order valence-corrected chi connectivity index (χ4v) is 2.98. The fraction of sp³-hybridized carbons (Fsp3) is 0.143. The molecule has 2 aromatic carbocycles. The third-order valence-corrected chi connectivity index (χ3v) is 4.57. The SMILES string of the molecule is N#CC(C#N)C(O)c1ccc(CC(=O)Nc2cc(-c3ccc(F)cc3Cl)no2)cc1. The van der Waals surface area contributed by atoms with Crippen LogP contribution in [-0.2, 0) is 11.2 Å². The van der Waals surface area contributed by atoms with Gasteiger partial charge in [-0.3, -0.25) is 10.1 Å². The van der Waals surface area contributed by atoms with E-state index in [9.17, 15) is 14.3 Å². The monoisotopic (exact) mass is 424 g/mol. The average molecular weight is 425 g/mol. The van der Waals surface area contributed by atoms with Crippen molar-refractivity contribution in [1.29, 1.82) is 10.5 Å². The van der Waals surface area contributed by atoms with Crippen LogP contribution in [0.4, 0.5) is 10.3 Å². The number of rotatable bonds is 6. The largest absolute Gasteiger partial charge is 0.386 e. The van der Waals surface area contributed by atoms with Gasteiger partial charge in [-0.2, -0.15) is 10.5 Å². The molecule has 0 saturated heterocycles. The third kappa shape index (κ3) is 4.81. The number of aliphatic hydroxyl groups excluding tert-OH is 1. The molecule has 0 aliphatic carbocycles. The number of hydrogen-bond donors (Lipinski definition) is 2. The Morgan fingerprint density at radius 1 is 1.20 bits per heavy atom. The number of hydrogen-bond acceptors (Lipinski definition) is 6. The van der Waals surface area contributed by atoms with E-state index in [-0.39, 0.29) is 23.2 Å². The van der Waals surface area contributed by atoms with Crippen molar-refractivity contribution in [3.8, 4) is 23.4 Å². The van der Waals surface area contributed by atoms with Crippen LogP contribution in [0.3, 0.4) is 0 Å². The quantitative estimate of drug-likeness (QED) is 0.616. The lowest BCUT2D eigenvalue weighted by molar-refractivity contribution is -0.115. The van der Waals surface area contributed by atoms with Gasteiger partial charge in [-0.25, -0.2) is 4.39 Å². The molecule has 1 atom stereocenters. The lowest BCUT2D eigenvalue weighted by atomic mass is 9.97. The Hall–Kier alpha value is -3.72. The van der Waals surface area contributed by atoms with Gasteiger partial charge in [-0.05, 0) is 29.3 Å². The zero-order chi connectivity index (χ0) is 21.7. The Kier molecular flexibility index (Phi) is 6.43. The van der Waals surface area contributed by atoms with Crippen molar-refractivity contribution in [3.05, 3.63) is 70.5 Å². The normalized spacial score (nSPS) is 11.5. The van der Waals surface area contributed by atoms with Gasteiger partial charge in [0.15, 0.2) is 5.92 Å². The van der Waals surface area contributed by atoms with Gasteiger partial charge >= 0.3 is 0 Å². The summed E-state index contributed by atoms with van der Waals surface area (Å²) in [6, 6.07) is 15.1. The lowest BCUT2D eigenvalue weighted by Crippen LogP contribution is -2.14. The summed E-state index contributed by atoms with van der Waals surface area (Å²) in [6.07, 6.45) is -1.21. The van der Waals surface area contributed by atoms with Crippen molar-refractivity contribution in [3.63, 3.8) is 0 Å². The van der Waals surface area contributed by atoms with Gasteiger partial charge in [0.1, 0.15) is 17.6 Å². The molecule has 0 aliphatic heterocycles. The highest BCUT2D eigenvalue weighted by molar-refractivity contribution is 6.33. The predicted molar refractivity (Wildman–Crippen MR) is 105 cm³/mol. The minimum absolute atomic E-state index is 0.0175. The van der Waals surface area contributed by atoms with Gasteiger partial charge in [0.2, 0.25) is 11.8 Å². The second-order valence-corrected chi connectivity index (χ2v) is 6.76. The summed E-state index contributed by atoms with van der Waals surface area (Å²) in [6.45, 7) is 0. The second-order valence-electron chi connectivity index (χ2n) is 6.35. The molecular formula is C21H14ClFN4O3. The Labute approximate surface area is 175 Å². The first-order chi connectivity index (χ1) is 14.4. The number of nitrogens with zero attached hydrogens (tertiary/aromatic N) is 3. The number of nitrogens with one attached hydrogen (secondary N) is 1. The number of nitriles is 2. The summed E-state index contributed by atoms with van der Waals surface area (Å²) >= 11 is 6.00. The molecule has 1 heterocycles. The molecule has 0 bridgehead atoms. The highest BCUT2D eigenvalue weighted by Gasteiger charge is 2.20. The summed E-state index contributed by atoms with van der Waals surface area (Å²) in [5.41, 5.74) is 1.86. The van der Waals surface area contributed by atoms with Crippen LogP contribution in [0.1, 0.15) is 17.2 Å². The Morgan fingerprint density at radius 3 is 2.53 bits per heavy atom. The number of amides is 1. The number of aliphatic hydroxyl groups is 1. The standard InChI is InChI=1S/C21H14ClFN4O3/c22-17-8-15(23)5-6-16(17)18-9-20(30-27-18)26-19(28)7-12-1-3-13(4-2-12)21(29)14(10-24)11-25/h1-6,8-9,14,21,29H,7H2,(H,26,28). The maximum absolute atomic E-state index is 13.2. The summed E-state index contributed by atoms with van der Waals surface area (Å²) in [5, 5.41) is 34.3. The van der Waals surface area contributed by atoms with Gasteiger partial charge in [-0.15, -0.1) is 0 Å². The third-order valence-electron chi connectivity index (χ3n) is 4.26. The van der Waals surface area contributed by atoms with E-state index in [1.54, 1.807) is 36.4 Å². The molecule has 0 radical (unpaired) electrons. The molecular weight excluding hydrogens is 411 g/mol. The highest BCUT2D eigenvalue weighted by Crippen LogP contribution is 2.29. The van der Waals surface area contributed by atoms with E-state index in [1.165, 1.54) is 18.2 Å². The van der Waals surface area contributed by atoms with Crippen molar-refractivity contribution < 1.29 is 18.8 Å². The molecule has 3 aromatic rings. The Bertz CT molecular complexity index is 1130. The summed E-state index contributed by atoms with van der Waals surface area (Å²) in [7, 11) is 0. The highest BCUT2D eigenvalue weighted by atomic mass is 35.5. The van der Waals surface area contributed by atoms with E-state index in [2.05, 4.69) is 10.5 Å². The molecule has 1 aromatic heterocycles. The number of halogens is 2. The van der Waals surface area contributed by atoms with Crippen LogP contribution in [0.2, 0.25) is 5.02 Å². The van der Waals surface area contributed by atoms with Crippen LogP contribution in [0, 0.1) is 34.4 Å². The molecule has 2 N–H and O–H groups in total. The van der Waals surface area contributed by atoms with Gasteiger partial charge in [-0.1, -0.05) is 41.0 Å². The van der Waals surface area contributed by atoms with E-state index in [1.807, 2.05) is 0 Å². The smallest absolute Gasteiger partial charge is 0.231 e. The molecule has 150 valence electrons. The summed E-state index contributed by atoms with van der Waals surface area (Å²) < 4.78 is 18.3. The first-order valence-corrected chi connectivity index (χ1v) is 9.07. The molecule has 7 nitrogen and oxygen atoms in total. The molecule has 1 amide bonds. The van der Waals surface area contributed by atoms with Gasteiger partial charge in [0, 0.05) is 11.6 Å². The van der Waals surface area contributed by atoms with Crippen molar-refractivity contribution in [1.82, 2.24) is 5.16 Å². The van der Waals surface area contributed by atoms with Crippen LogP contribution in [0.5, 0.6) is 0 Å². The second kappa shape index (κ2) is 9.19. The molecule has 9 heteroatoms. The molecule has 30 heavy (non-hydrogen) atoms. The first-order valence-electron chi connectivity index (χ1n) is 8.69. The van der Waals surface area contributed by atoms with Crippen LogP contribution in [-0.4, -0.2) is 16.2 Å².